The van der Waals surface area contributed by atoms with Crippen molar-refractivity contribution in [1.82, 2.24) is 9.97 Å². The van der Waals surface area contributed by atoms with Crippen molar-refractivity contribution >= 4 is 21.7 Å². The van der Waals surface area contributed by atoms with E-state index >= 15 is 0 Å². The van der Waals surface area contributed by atoms with E-state index in [2.05, 4.69) is 20.6 Å². The Morgan fingerprint density at radius 2 is 1.80 bits per heavy atom. The molecule has 106 valence electrons. The summed E-state index contributed by atoms with van der Waals surface area (Å²) < 4.78 is 22.3. The van der Waals surface area contributed by atoms with Gasteiger partial charge in [0.25, 0.3) is 0 Å². The number of primary sulfonamides is 1. The van der Waals surface area contributed by atoms with Gasteiger partial charge in [-0.25, -0.2) is 23.5 Å². The largest absolute Gasteiger partial charge is 0.373 e. The second-order valence-electron chi connectivity index (χ2n) is 4.08. The van der Waals surface area contributed by atoms with Crippen LogP contribution in [0.25, 0.3) is 0 Å². The summed E-state index contributed by atoms with van der Waals surface area (Å²) in [5.74, 6) is 1.40. The number of sulfonamides is 1. The van der Waals surface area contributed by atoms with E-state index in [1.54, 1.807) is 25.2 Å². The van der Waals surface area contributed by atoms with Crippen LogP contribution in [0.4, 0.5) is 11.6 Å². The highest BCUT2D eigenvalue weighted by atomic mass is 32.2. The van der Waals surface area contributed by atoms with Crippen molar-refractivity contribution in [2.24, 2.45) is 5.14 Å². The van der Waals surface area contributed by atoms with Crippen LogP contribution >= 0.6 is 0 Å². The summed E-state index contributed by atoms with van der Waals surface area (Å²) >= 11 is 0. The zero-order valence-corrected chi connectivity index (χ0v) is 11.7. The Morgan fingerprint density at radius 1 is 1.15 bits per heavy atom. The molecule has 1 aromatic heterocycles. The van der Waals surface area contributed by atoms with E-state index in [9.17, 15) is 8.42 Å². The maximum Gasteiger partial charge on any atom is 0.238 e. The first-order valence-electron chi connectivity index (χ1n) is 5.84. The molecule has 7 nitrogen and oxygen atoms in total. The first kappa shape index (κ1) is 14.2. The first-order valence-corrected chi connectivity index (χ1v) is 7.39. The van der Waals surface area contributed by atoms with Crippen molar-refractivity contribution in [3.63, 3.8) is 0 Å². The Balaban J connectivity index is 2.04. The first-order chi connectivity index (χ1) is 9.49. The van der Waals surface area contributed by atoms with Gasteiger partial charge < -0.3 is 10.6 Å². The molecule has 20 heavy (non-hydrogen) atoms. The number of rotatable bonds is 5. The van der Waals surface area contributed by atoms with E-state index < -0.39 is 10.0 Å². The fourth-order valence-electron chi connectivity index (χ4n) is 1.58. The summed E-state index contributed by atoms with van der Waals surface area (Å²) in [4.78, 5) is 8.19. The average Bonchev–Trinajstić information content (AvgIpc) is 2.45. The molecule has 0 saturated carbocycles. The van der Waals surface area contributed by atoms with Crippen molar-refractivity contribution in [1.29, 1.82) is 0 Å². The SMILES string of the molecule is CNc1cc(NCc2ccc(S(N)(=O)=O)cc2)ncn1. The quantitative estimate of drug-likeness (QED) is 0.751. The van der Waals surface area contributed by atoms with Gasteiger partial charge in [-0.15, -0.1) is 0 Å². The topological polar surface area (TPSA) is 110 Å². The number of hydrogen-bond acceptors (Lipinski definition) is 6. The van der Waals surface area contributed by atoms with Gasteiger partial charge in [0.2, 0.25) is 10.0 Å². The van der Waals surface area contributed by atoms with E-state index in [4.69, 9.17) is 5.14 Å². The molecule has 2 aromatic rings. The maximum absolute atomic E-state index is 11.1. The number of nitrogens with two attached hydrogens (primary N) is 1. The number of hydrogen-bond donors (Lipinski definition) is 3. The van der Waals surface area contributed by atoms with Crippen LogP contribution in [0.2, 0.25) is 0 Å². The molecule has 0 bridgehead atoms. The smallest absolute Gasteiger partial charge is 0.238 e. The van der Waals surface area contributed by atoms with Gasteiger partial charge in [0.1, 0.15) is 18.0 Å². The Morgan fingerprint density at radius 3 is 2.40 bits per heavy atom. The average molecular weight is 293 g/mol. The Kier molecular flexibility index (Phi) is 4.16. The summed E-state index contributed by atoms with van der Waals surface area (Å²) in [5.41, 5.74) is 0.919. The normalized spacial score (nSPS) is 11.1. The van der Waals surface area contributed by atoms with Crippen LogP contribution in [0.5, 0.6) is 0 Å². The number of nitrogens with one attached hydrogen (secondary N) is 2. The van der Waals surface area contributed by atoms with Gasteiger partial charge in [-0.05, 0) is 17.7 Å². The molecule has 0 unspecified atom stereocenters. The number of nitrogens with zero attached hydrogens (tertiary/aromatic N) is 2. The molecule has 0 aliphatic carbocycles. The molecule has 8 heteroatoms. The van der Waals surface area contributed by atoms with Crippen LogP contribution in [-0.2, 0) is 16.6 Å². The van der Waals surface area contributed by atoms with Crippen molar-refractivity contribution < 1.29 is 8.42 Å². The molecule has 0 aliphatic rings. The zero-order chi connectivity index (χ0) is 14.6. The van der Waals surface area contributed by atoms with Crippen LogP contribution in [-0.4, -0.2) is 25.4 Å². The predicted molar refractivity (Wildman–Crippen MR) is 76.7 cm³/mol. The van der Waals surface area contributed by atoms with E-state index in [1.807, 2.05) is 0 Å². The summed E-state index contributed by atoms with van der Waals surface area (Å²) in [7, 11) is -1.87. The molecule has 0 amide bonds. The highest BCUT2D eigenvalue weighted by Crippen LogP contribution is 2.12. The molecule has 1 heterocycles. The van der Waals surface area contributed by atoms with Crippen LogP contribution < -0.4 is 15.8 Å². The van der Waals surface area contributed by atoms with Crippen molar-refractivity contribution in [2.45, 2.75) is 11.4 Å². The summed E-state index contributed by atoms with van der Waals surface area (Å²) in [6, 6.07) is 8.13. The lowest BCUT2D eigenvalue weighted by molar-refractivity contribution is 0.598. The third-order valence-electron chi connectivity index (χ3n) is 2.65. The molecule has 0 aliphatic heterocycles. The van der Waals surface area contributed by atoms with Crippen LogP contribution in [0.3, 0.4) is 0 Å². The Labute approximate surface area is 117 Å². The monoisotopic (exact) mass is 293 g/mol. The minimum atomic E-state index is -3.64. The molecule has 4 N–H and O–H groups in total. The van der Waals surface area contributed by atoms with Crippen LogP contribution in [0.15, 0.2) is 41.6 Å². The molecule has 0 radical (unpaired) electrons. The minimum Gasteiger partial charge on any atom is -0.373 e. The Bertz CT molecular complexity index is 685. The predicted octanol–water partition coefficient (Wildman–Crippen LogP) is 0.778. The van der Waals surface area contributed by atoms with Gasteiger partial charge in [0.05, 0.1) is 4.90 Å². The molecular formula is C12H15N5O2S. The van der Waals surface area contributed by atoms with Gasteiger partial charge in [-0.2, -0.15) is 0 Å². The second kappa shape index (κ2) is 5.85. The summed E-state index contributed by atoms with van der Waals surface area (Å²) in [6.07, 6.45) is 1.46. The van der Waals surface area contributed by atoms with Crippen molar-refractivity contribution in [2.75, 3.05) is 17.7 Å². The van der Waals surface area contributed by atoms with Crippen molar-refractivity contribution in [3.8, 4) is 0 Å². The maximum atomic E-state index is 11.1. The molecule has 0 fully saturated rings. The molecule has 0 spiro atoms. The highest BCUT2D eigenvalue weighted by Gasteiger charge is 2.06. The molecular weight excluding hydrogens is 278 g/mol. The Hall–Kier alpha value is -2.19. The van der Waals surface area contributed by atoms with E-state index in [0.717, 1.165) is 5.56 Å². The van der Waals surface area contributed by atoms with Crippen LogP contribution in [0, 0.1) is 0 Å². The van der Waals surface area contributed by atoms with Gasteiger partial charge in [-0.1, -0.05) is 12.1 Å². The van der Waals surface area contributed by atoms with E-state index in [0.29, 0.717) is 18.2 Å². The molecule has 0 saturated heterocycles. The third-order valence-corrected chi connectivity index (χ3v) is 3.58. The van der Waals surface area contributed by atoms with Crippen molar-refractivity contribution in [3.05, 3.63) is 42.2 Å². The number of benzene rings is 1. The highest BCUT2D eigenvalue weighted by molar-refractivity contribution is 7.89. The second-order valence-corrected chi connectivity index (χ2v) is 5.64. The summed E-state index contributed by atoms with van der Waals surface area (Å²) in [5, 5.41) is 11.1. The fourth-order valence-corrected chi connectivity index (χ4v) is 2.10. The lowest BCUT2D eigenvalue weighted by Gasteiger charge is -2.07. The standard InChI is InChI=1S/C12H15N5O2S/c1-14-11-6-12(17-8-16-11)15-7-9-2-4-10(5-3-9)20(13,18)19/h2-6,8H,7H2,1H3,(H2,13,18,19)(H2,14,15,16,17). The minimum absolute atomic E-state index is 0.0979. The number of aromatic nitrogens is 2. The van der Waals surface area contributed by atoms with Gasteiger partial charge in [0, 0.05) is 19.7 Å². The molecule has 0 atom stereocenters. The number of anilines is 2. The zero-order valence-electron chi connectivity index (χ0n) is 10.9. The fraction of sp³-hybridized carbons (Fsp3) is 0.167. The van der Waals surface area contributed by atoms with E-state index in [1.165, 1.54) is 18.5 Å². The lowest BCUT2D eigenvalue weighted by atomic mass is 10.2. The lowest BCUT2D eigenvalue weighted by Crippen LogP contribution is -2.12. The van der Waals surface area contributed by atoms with Gasteiger partial charge in [-0.3, -0.25) is 0 Å². The van der Waals surface area contributed by atoms with Gasteiger partial charge >= 0.3 is 0 Å². The summed E-state index contributed by atoms with van der Waals surface area (Å²) in [6.45, 7) is 0.519. The van der Waals surface area contributed by atoms with Gasteiger partial charge in [0.15, 0.2) is 0 Å². The molecule has 1 aromatic carbocycles. The van der Waals surface area contributed by atoms with E-state index in [-0.39, 0.29) is 4.90 Å². The van der Waals surface area contributed by atoms with Crippen LogP contribution in [0.1, 0.15) is 5.56 Å². The molecule has 2 rings (SSSR count). The third kappa shape index (κ3) is 3.65.